The number of Topliss-reactive ketones (excluding diaryl/α,β-unsaturated/α-hetero) is 1. The van der Waals surface area contributed by atoms with Crippen molar-refractivity contribution in [3.05, 3.63) is 52.1 Å². The van der Waals surface area contributed by atoms with Crippen LogP contribution >= 0.6 is 0 Å². The van der Waals surface area contributed by atoms with Crippen LogP contribution in [-0.4, -0.2) is 23.5 Å². The molecule has 27 heavy (non-hydrogen) atoms. The Morgan fingerprint density at radius 3 is 2.70 bits per heavy atom. The van der Waals surface area contributed by atoms with Gasteiger partial charge in [0.05, 0.1) is 5.56 Å². The van der Waals surface area contributed by atoms with Crippen molar-refractivity contribution in [2.24, 2.45) is 0 Å². The highest BCUT2D eigenvalue weighted by atomic mass is 16.5. The van der Waals surface area contributed by atoms with Gasteiger partial charge < -0.3 is 9.47 Å². The van der Waals surface area contributed by atoms with Crippen molar-refractivity contribution in [2.75, 3.05) is 0 Å². The summed E-state index contributed by atoms with van der Waals surface area (Å²) in [5.74, 6) is 0.566. The van der Waals surface area contributed by atoms with Crippen LogP contribution in [0.4, 0.5) is 0 Å². The molecule has 2 aliphatic heterocycles. The Hall–Kier alpha value is -2.36. The number of hydrogen-bond donors (Lipinski definition) is 0. The monoisotopic (exact) mass is 368 g/mol. The van der Waals surface area contributed by atoms with E-state index in [-0.39, 0.29) is 17.9 Å². The van der Waals surface area contributed by atoms with E-state index in [1.165, 1.54) is 5.57 Å². The summed E-state index contributed by atoms with van der Waals surface area (Å²) < 4.78 is 11.3. The fraction of sp³-hybridized carbons (Fsp3) is 0.478. The molecule has 1 atom stereocenters. The van der Waals surface area contributed by atoms with E-state index in [0.717, 1.165) is 53.7 Å². The zero-order chi connectivity index (χ0) is 19.8. The largest absolute Gasteiger partial charge is 0.479 e. The second kappa shape index (κ2) is 7.34. The van der Waals surface area contributed by atoms with Crippen LogP contribution in [0, 0.1) is 6.92 Å². The molecule has 0 aromatic heterocycles. The van der Waals surface area contributed by atoms with Crippen LogP contribution < -0.4 is 4.74 Å². The summed E-state index contributed by atoms with van der Waals surface area (Å²) in [5.41, 5.74) is 4.28. The SMILES string of the molecule is CC1=CC(=O)O[C@H](/C=C(\C)CCCc2ccc(C)c3c2OC(C)(C)C3=O)C1. The predicted molar refractivity (Wildman–Crippen MR) is 105 cm³/mol. The zero-order valence-corrected chi connectivity index (χ0v) is 16.8. The number of hydrogen-bond acceptors (Lipinski definition) is 4. The fourth-order valence-electron chi connectivity index (χ4n) is 3.78. The van der Waals surface area contributed by atoms with Crippen molar-refractivity contribution < 1.29 is 19.1 Å². The summed E-state index contributed by atoms with van der Waals surface area (Å²) in [4.78, 5) is 24.1. The number of carbonyl (C=O) groups excluding carboxylic acids is 2. The Balaban J connectivity index is 1.64. The van der Waals surface area contributed by atoms with Gasteiger partial charge in [0, 0.05) is 12.5 Å². The van der Waals surface area contributed by atoms with Gasteiger partial charge in [-0.1, -0.05) is 23.3 Å². The van der Waals surface area contributed by atoms with Gasteiger partial charge in [0.1, 0.15) is 11.9 Å². The Bertz CT molecular complexity index is 842. The molecule has 0 aliphatic carbocycles. The molecule has 144 valence electrons. The number of rotatable bonds is 5. The molecule has 3 rings (SSSR count). The minimum Gasteiger partial charge on any atom is -0.479 e. The van der Waals surface area contributed by atoms with E-state index in [0.29, 0.717) is 0 Å². The third-order valence-electron chi connectivity index (χ3n) is 5.22. The summed E-state index contributed by atoms with van der Waals surface area (Å²) >= 11 is 0. The van der Waals surface area contributed by atoms with Crippen molar-refractivity contribution in [1.29, 1.82) is 0 Å². The third kappa shape index (κ3) is 4.15. The second-order valence-electron chi connectivity index (χ2n) is 8.22. The third-order valence-corrected chi connectivity index (χ3v) is 5.22. The highest BCUT2D eigenvalue weighted by Crippen LogP contribution is 2.40. The number of benzene rings is 1. The predicted octanol–water partition coefficient (Wildman–Crippen LogP) is 4.88. The van der Waals surface area contributed by atoms with Crippen LogP contribution in [0.1, 0.15) is 68.4 Å². The molecule has 2 aliphatic rings. The van der Waals surface area contributed by atoms with E-state index in [2.05, 4.69) is 19.1 Å². The average Bonchev–Trinajstić information content (AvgIpc) is 2.79. The second-order valence-corrected chi connectivity index (χ2v) is 8.22. The molecule has 0 unspecified atom stereocenters. The molecular weight excluding hydrogens is 340 g/mol. The maximum atomic E-state index is 12.6. The molecular formula is C23H28O4. The molecule has 0 N–H and O–H groups in total. The zero-order valence-electron chi connectivity index (χ0n) is 16.8. The standard InChI is InChI=1S/C23H28O4/c1-14(11-18-12-15(2)13-19(24)26-18)7-6-8-17-10-9-16(3)20-21(17)27-23(4,5)22(20)25/h9-11,13,18H,6-8,12H2,1-5H3/b14-11+/t18-/m1/s1. The quantitative estimate of drug-likeness (QED) is 0.549. The van der Waals surface area contributed by atoms with Gasteiger partial charge in [-0.2, -0.15) is 0 Å². The molecule has 0 saturated heterocycles. The van der Waals surface area contributed by atoms with Crippen LogP contribution in [0.3, 0.4) is 0 Å². The van der Waals surface area contributed by atoms with Crippen molar-refractivity contribution in [3.8, 4) is 5.75 Å². The van der Waals surface area contributed by atoms with Crippen LogP contribution in [0.25, 0.3) is 0 Å². The van der Waals surface area contributed by atoms with Crippen molar-refractivity contribution in [3.63, 3.8) is 0 Å². The minimum atomic E-state index is -0.782. The van der Waals surface area contributed by atoms with E-state index in [1.54, 1.807) is 6.08 Å². The van der Waals surface area contributed by atoms with E-state index in [4.69, 9.17) is 9.47 Å². The molecule has 1 aromatic rings. The molecule has 0 amide bonds. The van der Waals surface area contributed by atoms with E-state index < -0.39 is 5.60 Å². The minimum absolute atomic E-state index is 0.0652. The van der Waals surface area contributed by atoms with Gasteiger partial charge in [0.15, 0.2) is 5.60 Å². The number of ketones is 1. The van der Waals surface area contributed by atoms with Gasteiger partial charge in [-0.25, -0.2) is 4.79 Å². The maximum Gasteiger partial charge on any atom is 0.331 e. The van der Waals surface area contributed by atoms with Gasteiger partial charge in [-0.15, -0.1) is 0 Å². The lowest BCUT2D eigenvalue weighted by molar-refractivity contribution is -0.142. The molecule has 0 spiro atoms. The van der Waals surface area contributed by atoms with Gasteiger partial charge >= 0.3 is 5.97 Å². The van der Waals surface area contributed by atoms with E-state index in [9.17, 15) is 9.59 Å². The van der Waals surface area contributed by atoms with E-state index in [1.807, 2.05) is 33.8 Å². The lowest BCUT2D eigenvalue weighted by Crippen LogP contribution is -2.32. The van der Waals surface area contributed by atoms with Crippen molar-refractivity contribution >= 4 is 11.8 Å². The highest BCUT2D eigenvalue weighted by molar-refractivity contribution is 6.08. The topological polar surface area (TPSA) is 52.6 Å². The number of carbonyl (C=O) groups is 2. The molecule has 1 aromatic carbocycles. The number of esters is 1. The first-order valence-corrected chi connectivity index (χ1v) is 9.59. The molecule has 2 heterocycles. The van der Waals surface area contributed by atoms with Crippen LogP contribution in [0.15, 0.2) is 35.4 Å². The smallest absolute Gasteiger partial charge is 0.331 e. The lowest BCUT2D eigenvalue weighted by Gasteiger charge is -2.19. The van der Waals surface area contributed by atoms with Gasteiger partial charge in [0.25, 0.3) is 0 Å². The number of fused-ring (bicyclic) bond motifs is 1. The van der Waals surface area contributed by atoms with Gasteiger partial charge in [0.2, 0.25) is 5.78 Å². The summed E-state index contributed by atoms with van der Waals surface area (Å²) in [6.45, 7) is 9.64. The summed E-state index contributed by atoms with van der Waals surface area (Å²) in [7, 11) is 0. The summed E-state index contributed by atoms with van der Waals surface area (Å²) in [6, 6.07) is 4.08. The Morgan fingerprint density at radius 1 is 1.26 bits per heavy atom. The maximum absolute atomic E-state index is 12.6. The lowest BCUT2D eigenvalue weighted by atomic mass is 9.93. The number of ether oxygens (including phenoxy) is 2. The van der Waals surface area contributed by atoms with Gasteiger partial charge in [-0.3, -0.25) is 4.79 Å². The first-order valence-electron chi connectivity index (χ1n) is 9.59. The Morgan fingerprint density at radius 2 is 2.00 bits per heavy atom. The summed E-state index contributed by atoms with van der Waals surface area (Å²) in [6.07, 6.45) is 6.92. The molecule has 0 radical (unpaired) electrons. The Kier molecular flexibility index (Phi) is 5.27. The average molecular weight is 368 g/mol. The van der Waals surface area contributed by atoms with E-state index >= 15 is 0 Å². The Labute approximate surface area is 161 Å². The first-order chi connectivity index (χ1) is 12.7. The fourth-order valence-corrected chi connectivity index (χ4v) is 3.78. The molecule has 4 heteroatoms. The highest BCUT2D eigenvalue weighted by Gasteiger charge is 2.41. The number of cyclic esters (lactones) is 1. The van der Waals surface area contributed by atoms with Crippen LogP contribution in [-0.2, 0) is 16.0 Å². The number of aryl methyl sites for hydroxylation is 2. The van der Waals surface area contributed by atoms with Crippen molar-refractivity contribution in [1.82, 2.24) is 0 Å². The molecule has 0 bridgehead atoms. The van der Waals surface area contributed by atoms with Gasteiger partial charge in [-0.05, 0) is 71.1 Å². The summed E-state index contributed by atoms with van der Waals surface area (Å²) in [5, 5.41) is 0. The van der Waals surface area contributed by atoms with Crippen LogP contribution in [0.2, 0.25) is 0 Å². The molecule has 0 saturated carbocycles. The number of allylic oxidation sites excluding steroid dienone is 1. The first kappa shape index (κ1) is 19.4. The van der Waals surface area contributed by atoms with Crippen molar-refractivity contribution in [2.45, 2.75) is 72.0 Å². The molecule has 0 fully saturated rings. The normalized spacial score (nSPS) is 21.4. The van der Waals surface area contributed by atoms with Crippen LogP contribution in [0.5, 0.6) is 5.75 Å². The molecule has 4 nitrogen and oxygen atoms in total.